The third kappa shape index (κ3) is 3.11. The van der Waals surface area contributed by atoms with Gasteiger partial charge in [-0.15, -0.1) is 0 Å². The molecule has 1 aromatic heterocycles. The number of aliphatic carboxylic acids is 1. The highest BCUT2D eigenvalue weighted by Gasteiger charge is 2.34. The van der Waals surface area contributed by atoms with E-state index in [1.807, 2.05) is 37.3 Å². The molecule has 6 nitrogen and oxygen atoms in total. The van der Waals surface area contributed by atoms with Crippen LogP contribution in [0.2, 0.25) is 0 Å². The Morgan fingerprint density at radius 1 is 1.26 bits per heavy atom. The zero-order valence-corrected chi connectivity index (χ0v) is 12.8. The Labute approximate surface area is 133 Å². The summed E-state index contributed by atoms with van der Waals surface area (Å²) in [7, 11) is 0. The summed E-state index contributed by atoms with van der Waals surface area (Å²) < 4.78 is 5.19. The number of nitrogens with zero attached hydrogens (tertiary/aromatic N) is 2. The van der Waals surface area contributed by atoms with Gasteiger partial charge in [-0.05, 0) is 19.8 Å². The lowest BCUT2D eigenvalue weighted by molar-refractivity contribution is -0.143. The molecule has 1 fully saturated rings. The molecule has 1 aromatic carbocycles. The van der Waals surface area contributed by atoms with Gasteiger partial charge in [0.25, 0.3) is 5.91 Å². The molecule has 0 spiro atoms. The molecule has 2 aromatic rings. The third-order valence-electron chi connectivity index (χ3n) is 4.28. The highest BCUT2D eigenvalue weighted by Crippen LogP contribution is 2.25. The molecular weight excluding hydrogens is 296 g/mol. The molecule has 2 heterocycles. The fourth-order valence-corrected chi connectivity index (χ4v) is 2.85. The molecule has 120 valence electrons. The van der Waals surface area contributed by atoms with E-state index in [0.29, 0.717) is 18.5 Å². The summed E-state index contributed by atoms with van der Waals surface area (Å²) in [4.78, 5) is 25.4. The van der Waals surface area contributed by atoms with E-state index >= 15 is 0 Å². The van der Waals surface area contributed by atoms with Crippen molar-refractivity contribution in [2.24, 2.45) is 5.92 Å². The molecular formula is C17H18N2O4. The van der Waals surface area contributed by atoms with Gasteiger partial charge in [0, 0.05) is 24.2 Å². The average Bonchev–Trinajstić information content (AvgIpc) is 3.05. The molecule has 1 N–H and O–H groups in total. The molecule has 2 unspecified atom stereocenters. The molecule has 1 amide bonds. The Bertz CT molecular complexity index is 710. The van der Waals surface area contributed by atoms with Gasteiger partial charge >= 0.3 is 5.97 Å². The minimum atomic E-state index is -0.864. The first-order valence-corrected chi connectivity index (χ1v) is 7.62. The van der Waals surface area contributed by atoms with Gasteiger partial charge in [-0.3, -0.25) is 9.59 Å². The van der Waals surface area contributed by atoms with Crippen LogP contribution in [0.15, 0.2) is 40.9 Å². The van der Waals surface area contributed by atoms with E-state index in [2.05, 4.69) is 5.16 Å². The van der Waals surface area contributed by atoms with Gasteiger partial charge < -0.3 is 14.5 Å². The predicted octanol–water partition coefficient (Wildman–Crippen LogP) is 2.67. The number of hydrogen-bond acceptors (Lipinski definition) is 4. The standard InChI is InChI=1S/C17H18N2O4/c1-11-7-8-13(17(21)22)10-19(11)16(20)15-9-14(18-23-15)12-5-3-2-4-6-12/h2-6,9,11,13H,7-8,10H2,1H3,(H,21,22). The molecule has 0 aliphatic carbocycles. The third-order valence-corrected chi connectivity index (χ3v) is 4.28. The van der Waals surface area contributed by atoms with E-state index in [1.54, 1.807) is 11.0 Å². The molecule has 1 aliphatic rings. The number of carboxylic acid groups (broad SMARTS) is 1. The number of carboxylic acids is 1. The summed E-state index contributed by atoms with van der Waals surface area (Å²) in [6.07, 6.45) is 1.26. The molecule has 6 heteroatoms. The van der Waals surface area contributed by atoms with Crippen LogP contribution in [0.25, 0.3) is 11.3 Å². The fourth-order valence-electron chi connectivity index (χ4n) is 2.85. The Balaban J connectivity index is 1.80. The van der Waals surface area contributed by atoms with E-state index < -0.39 is 11.9 Å². The maximum atomic E-state index is 12.6. The van der Waals surface area contributed by atoms with Crippen molar-refractivity contribution in [2.75, 3.05) is 6.54 Å². The van der Waals surface area contributed by atoms with Gasteiger partial charge in [-0.1, -0.05) is 35.5 Å². The largest absolute Gasteiger partial charge is 0.481 e. The lowest BCUT2D eigenvalue weighted by Crippen LogP contribution is -2.47. The number of carbonyl (C=O) groups excluding carboxylic acids is 1. The zero-order valence-electron chi connectivity index (χ0n) is 12.8. The summed E-state index contributed by atoms with van der Waals surface area (Å²) in [6.45, 7) is 2.13. The molecule has 2 atom stereocenters. The molecule has 0 bridgehead atoms. The average molecular weight is 314 g/mol. The summed E-state index contributed by atoms with van der Waals surface area (Å²) in [5, 5.41) is 13.1. The smallest absolute Gasteiger partial charge is 0.308 e. The summed E-state index contributed by atoms with van der Waals surface area (Å²) in [6, 6.07) is 11.0. The number of aromatic nitrogens is 1. The molecule has 1 saturated heterocycles. The maximum absolute atomic E-state index is 12.6. The summed E-state index contributed by atoms with van der Waals surface area (Å²) in [5.41, 5.74) is 1.46. The number of rotatable bonds is 3. The van der Waals surface area contributed by atoms with Crippen molar-refractivity contribution >= 4 is 11.9 Å². The van der Waals surface area contributed by atoms with Crippen molar-refractivity contribution in [3.8, 4) is 11.3 Å². The van der Waals surface area contributed by atoms with Crippen molar-refractivity contribution in [3.05, 3.63) is 42.2 Å². The first-order valence-electron chi connectivity index (χ1n) is 7.62. The second-order valence-electron chi connectivity index (χ2n) is 5.86. The van der Waals surface area contributed by atoms with Crippen LogP contribution in [-0.2, 0) is 4.79 Å². The highest BCUT2D eigenvalue weighted by molar-refractivity contribution is 5.93. The summed E-state index contributed by atoms with van der Waals surface area (Å²) >= 11 is 0. The number of carbonyl (C=O) groups is 2. The van der Waals surface area contributed by atoms with Crippen molar-refractivity contribution in [3.63, 3.8) is 0 Å². The lowest BCUT2D eigenvalue weighted by atomic mass is 9.93. The van der Waals surface area contributed by atoms with Crippen molar-refractivity contribution < 1.29 is 19.2 Å². The topological polar surface area (TPSA) is 83.6 Å². The number of benzene rings is 1. The quantitative estimate of drug-likeness (QED) is 0.941. The number of piperidine rings is 1. The Hall–Kier alpha value is -2.63. The van der Waals surface area contributed by atoms with Crippen molar-refractivity contribution in [1.82, 2.24) is 10.1 Å². The van der Waals surface area contributed by atoms with Crippen LogP contribution >= 0.6 is 0 Å². The maximum Gasteiger partial charge on any atom is 0.308 e. The van der Waals surface area contributed by atoms with E-state index in [4.69, 9.17) is 4.52 Å². The second-order valence-corrected chi connectivity index (χ2v) is 5.86. The van der Waals surface area contributed by atoms with Crippen LogP contribution < -0.4 is 0 Å². The number of amides is 1. The van der Waals surface area contributed by atoms with Crippen LogP contribution in [0.5, 0.6) is 0 Å². The Kier molecular flexibility index (Phi) is 4.14. The van der Waals surface area contributed by atoms with Gasteiger partial charge in [0.1, 0.15) is 5.69 Å². The van der Waals surface area contributed by atoms with Gasteiger partial charge in [-0.25, -0.2) is 0 Å². The van der Waals surface area contributed by atoms with E-state index in [1.165, 1.54) is 0 Å². The second kappa shape index (κ2) is 6.24. The first-order chi connectivity index (χ1) is 11.1. The van der Waals surface area contributed by atoms with E-state index in [0.717, 1.165) is 5.56 Å². The minimum absolute atomic E-state index is 0.0108. The van der Waals surface area contributed by atoms with Gasteiger partial charge in [0.05, 0.1) is 5.92 Å². The molecule has 0 saturated carbocycles. The lowest BCUT2D eigenvalue weighted by Gasteiger charge is -2.35. The molecule has 1 aliphatic heterocycles. The van der Waals surface area contributed by atoms with Crippen LogP contribution in [0.1, 0.15) is 30.3 Å². The van der Waals surface area contributed by atoms with Gasteiger partial charge in [0.15, 0.2) is 0 Å². The zero-order chi connectivity index (χ0) is 16.4. The molecule has 23 heavy (non-hydrogen) atoms. The predicted molar refractivity (Wildman–Crippen MR) is 82.8 cm³/mol. The highest BCUT2D eigenvalue weighted by atomic mass is 16.5. The van der Waals surface area contributed by atoms with E-state index in [9.17, 15) is 14.7 Å². The normalized spacial score (nSPS) is 21.2. The monoisotopic (exact) mass is 314 g/mol. The van der Waals surface area contributed by atoms with Crippen LogP contribution in [0.3, 0.4) is 0 Å². The van der Waals surface area contributed by atoms with Crippen molar-refractivity contribution in [2.45, 2.75) is 25.8 Å². The Morgan fingerprint density at radius 2 is 2.00 bits per heavy atom. The molecule has 3 rings (SSSR count). The van der Waals surface area contributed by atoms with E-state index in [-0.39, 0.29) is 24.3 Å². The van der Waals surface area contributed by atoms with Crippen LogP contribution in [-0.4, -0.2) is 39.6 Å². The fraction of sp³-hybridized carbons (Fsp3) is 0.353. The summed E-state index contributed by atoms with van der Waals surface area (Å²) in [5.74, 6) is -1.55. The number of hydrogen-bond donors (Lipinski definition) is 1. The Morgan fingerprint density at radius 3 is 2.70 bits per heavy atom. The van der Waals surface area contributed by atoms with Gasteiger partial charge in [0.2, 0.25) is 5.76 Å². The SMILES string of the molecule is CC1CCC(C(=O)O)CN1C(=O)c1cc(-c2ccccc2)no1. The van der Waals surface area contributed by atoms with Crippen LogP contribution in [0, 0.1) is 5.92 Å². The number of likely N-dealkylation sites (tertiary alicyclic amines) is 1. The van der Waals surface area contributed by atoms with Gasteiger partial charge in [-0.2, -0.15) is 0 Å². The molecule has 0 radical (unpaired) electrons. The van der Waals surface area contributed by atoms with Crippen molar-refractivity contribution in [1.29, 1.82) is 0 Å². The van der Waals surface area contributed by atoms with Crippen LogP contribution in [0.4, 0.5) is 0 Å². The minimum Gasteiger partial charge on any atom is -0.481 e. The first kappa shape index (κ1) is 15.3.